The first kappa shape index (κ1) is 13.4. The molecule has 0 saturated carbocycles. The maximum Gasteiger partial charge on any atom is 0.265 e. The van der Waals surface area contributed by atoms with Crippen LogP contribution < -0.4 is 5.32 Å². The highest BCUT2D eigenvalue weighted by molar-refractivity contribution is 7.14. The van der Waals surface area contributed by atoms with Gasteiger partial charge in [-0.3, -0.25) is 4.79 Å². The van der Waals surface area contributed by atoms with Crippen LogP contribution in [0.15, 0.2) is 30.3 Å². The SMILES string of the molecule is CCc1ccccc1NC(=O)c1cc2c(s1)CCCC2. The third-order valence-electron chi connectivity index (χ3n) is 3.87. The molecule has 104 valence electrons. The molecule has 0 radical (unpaired) electrons. The summed E-state index contributed by atoms with van der Waals surface area (Å²) in [5.41, 5.74) is 3.50. The molecule has 2 nitrogen and oxygen atoms in total. The van der Waals surface area contributed by atoms with Crippen molar-refractivity contribution < 1.29 is 4.79 Å². The second-order valence-electron chi connectivity index (χ2n) is 5.23. The van der Waals surface area contributed by atoms with E-state index in [9.17, 15) is 4.79 Å². The largest absolute Gasteiger partial charge is 0.321 e. The predicted molar refractivity (Wildman–Crippen MR) is 84.7 cm³/mol. The predicted octanol–water partition coefficient (Wildman–Crippen LogP) is 4.44. The lowest BCUT2D eigenvalue weighted by Gasteiger charge is -2.08. The molecular weight excluding hydrogens is 266 g/mol. The summed E-state index contributed by atoms with van der Waals surface area (Å²) in [7, 11) is 0. The number of thiophene rings is 1. The van der Waals surface area contributed by atoms with Crippen molar-refractivity contribution in [3.05, 3.63) is 51.2 Å². The summed E-state index contributed by atoms with van der Waals surface area (Å²) in [5, 5.41) is 3.06. The fourth-order valence-electron chi connectivity index (χ4n) is 2.74. The average Bonchev–Trinajstić information content (AvgIpc) is 2.92. The Bertz CT molecular complexity index is 606. The smallest absolute Gasteiger partial charge is 0.265 e. The maximum atomic E-state index is 12.4. The first-order valence-corrected chi connectivity index (χ1v) is 8.10. The summed E-state index contributed by atoms with van der Waals surface area (Å²) >= 11 is 1.66. The van der Waals surface area contributed by atoms with E-state index in [1.54, 1.807) is 11.3 Å². The van der Waals surface area contributed by atoms with Crippen LogP contribution >= 0.6 is 11.3 Å². The number of hydrogen-bond acceptors (Lipinski definition) is 2. The van der Waals surface area contributed by atoms with Gasteiger partial charge in [-0.05, 0) is 55.4 Å². The van der Waals surface area contributed by atoms with E-state index in [1.807, 2.05) is 18.2 Å². The molecule has 0 aliphatic heterocycles. The quantitative estimate of drug-likeness (QED) is 0.887. The van der Waals surface area contributed by atoms with Crippen molar-refractivity contribution in [1.29, 1.82) is 0 Å². The molecule has 1 aromatic heterocycles. The Labute approximate surface area is 123 Å². The van der Waals surface area contributed by atoms with Gasteiger partial charge >= 0.3 is 0 Å². The van der Waals surface area contributed by atoms with Crippen molar-refractivity contribution in [2.24, 2.45) is 0 Å². The Morgan fingerprint density at radius 1 is 1.25 bits per heavy atom. The maximum absolute atomic E-state index is 12.4. The normalized spacial score (nSPS) is 13.8. The van der Waals surface area contributed by atoms with Crippen LogP contribution in [0.1, 0.15) is 45.4 Å². The molecule has 3 heteroatoms. The Balaban J connectivity index is 1.81. The van der Waals surface area contributed by atoms with Crippen molar-refractivity contribution >= 4 is 22.9 Å². The summed E-state index contributed by atoms with van der Waals surface area (Å²) in [5.74, 6) is 0.0327. The van der Waals surface area contributed by atoms with Gasteiger partial charge in [0, 0.05) is 10.6 Å². The number of anilines is 1. The molecule has 2 aromatic rings. The molecule has 0 bridgehead atoms. The highest BCUT2D eigenvalue weighted by Gasteiger charge is 2.17. The number of benzene rings is 1. The monoisotopic (exact) mass is 285 g/mol. The topological polar surface area (TPSA) is 29.1 Å². The van der Waals surface area contributed by atoms with Crippen LogP contribution in [0, 0.1) is 0 Å². The third kappa shape index (κ3) is 2.63. The van der Waals surface area contributed by atoms with Crippen molar-refractivity contribution in [3.63, 3.8) is 0 Å². The highest BCUT2D eigenvalue weighted by Crippen LogP contribution is 2.30. The lowest BCUT2D eigenvalue weighted by Crippen LogP contribution is -2.11. The number of hydrogen-bond donors (Lipinski definition) is 1. The zero-order chi connectivity index (χ0) is 13.9. The van der Waals surface area contributed by atoms with E-state index in [-0.39, 0.29) is 5.91 Å². The van der Waals surface area contributed by atoms with E-state index in [4.69, 9.17) is 0 Å². The lowest BCUT2D eigenvalue weighted by atomic mass is 9.99. The molecule has 1 aliphatic carbocycles. The van der Waals surface area contributed by atoms with Crippen molar-refractivity contribution in [1.82, 2.24) is 0 Å². The Morgan fingerprint density at radius 2 is 2.05 bits per heavy atom. The summed E-state index contributed by atoms with van der Waals surface area (Å²) in [4.78, 5) is 14.7. The molecule has 3 rings (SSSR count). The molecule has 0 unspecified atom stereocenters. The van der Waals surface area contributed by atoms with Crippen LogP contribution in [0.3, 0.4) is 0 Å². The first-order valence-electron chi connectivity index (χ1n) is 7.28. The molecule has 0 spiro atoms. The second-order valence-corrected chi connectivity index (χ2v) is 6.37. The van der Waals surface area contributed by atoms with Crippen molar-refractivity contribution in [2.75, 3.05) is 5.32 Å². The molecular formula is C17H19NOS. The molecule has 1 amide bonds. The molecule has 20 heavy (non-hydrogen) atoms. The summed E-state index contributed by atoms with van der Waals surface area (Å²) < 4.78 is 0. The zero-order valence-corrected chi connectivity index (χ0v) is 12.6. The minimum Gasteiger partial charge on any atom is -0.321 e. The molecule has 1 heterocycles. The number of nitrogens with one attached hydrogen (secondary N) is 1. The van der Waals surface area contributed by atoms with Crippen LogP contribution in [0.5, 0.6) is 0 Å². The third-order valence-corrected chi connectivity index (χ3v) is 5.10. The highest BCUT2D eigenvalue weighted by atomic mass is 32.1. The average molecular weight is 285 g/mol. The fraction of sp³-hybridized carbons (Fsp3) is 0.353. The lowest BCUT2D eigenvalue weighted by molar-refractivity contribution is 0.103. The number of aryl methyl sites for hydroxylation is 3. The van der Waals surface area contributed by atoms with Crippen LogP contribution in [-0.2, 0) is 19.3 Å². The van der Waals surface area contributed by atoms with Gasteiger partial charge in [0.25, 0.3) is 5.91 Å². The van der Waals surface area contributed by atoms with Crippen LogP contribution in [-0.4, -0.2) is 5.91 Å². The zero-order valence-electron chi connectivity index (χ0n) is 11.7. The second kappa shape index (κ2) is 5.80. The summed E-state index contributed by atoms with van der Waals surface area (Å²) in [6.07, 6.45) is 5.71. The molecule has 0 atom stereocenters. The van der Waals surface area contributed by atoms with Gasteiger partial charge in [0.15, 0.2) is 0 Å². The van der Waals surface area contributed by atoms with Gasteiger partial charge in [0.05, 0.1) is 4.88 Å². The van der Waals surface area contributed by atoms with Gasteiger partial charge < -0.3 is 5.32 Å². The van der Waals surface area contributed by atoms with E-state index < -0.39 is 0 Å². The number of rotatable bonds is 3. The van der Waals surface area contributed by atoms with E-state index >= 15 is 0 Å². The number of carbonyl (C=O) groups is 1. The first-order chi connectivity index (χ1) is 9.78. The van der Waals surface area contributed by atoms with E-state index in [0.29, 0.717) is 0 Å². The van der Waals surface area contributed by atoms with Crippen LogP contribution in [0.4, 0.5) is 5.69 Å². The Morgan fingerprint density at radius 3 is 2.85 bits per heavy atom. The molecule has 1 aromatic carbocycles. The van der Waals surface area contributed by atoms with Gasteiger partial charge in [-0.15, -0.1) is 11.3 Å². The fourth-order valence-corrected chi connectivity index (χ4v) is 3.89. The number of para-hydroxylation sites is 1. The van der Waals surface area contributed by atoms with E-state index in [1.165, 1.54) is 28.8 Å². The van der Waals surface area contributed by atoms with Crippen LogP contribution in [0.2, 0.25) is 0 Å². The van der Waals surface area contributed by atoms with Crippen LogP contribution in [0.25, 0.3) is 0 Å². The Hall–Kier alpha value is -1.61. The summed E-state index contributed by atoms with van der Waals surface area (Å²) in [6.45, 7) is 2.11. The molecule has 0 saturated heterocycles. The standard InChI is InChI=1S/C17H19NOS/c1-2-12-7-3-5-9-14(12)18-17(19)16-11-13-8-4-6-10-15(13)20-16/h3,5,7,9,11H,2,4,6,8,10H2,1H3,(H,18,19). The minimum atomic E-state index is 0.0327. The van der Waals surface area contributed by atoms with Gasteiger partial charge in [0.1, 0.15) is 0 Å². The van der Waals surface area contributed by atoms with Gasteiger partial charge in [0.2, 0.25) is 0 Å². The number of carbonyl (C=O) groups excluding carboxylic acids is 1. The Kier molecular flexibility index (Phi) is 3.88. The molecule has 0 fully saturated rings. The van der Waals surface area contributed by atoms with Crippen molar-refractivity contribution in [2.45, 2.75) is 39.0 Å². The van der Waals surface area contributed by atoms with Crippen molar-refractivity contribution in [3.8, 4) is 0 Å². The van der Waals surface area contributed by atoms with E-state index in [2.05, 4.69) is 24.4 Å². The summed E-state index contributed by atoms with van der Waals surface area (Å²) in [6, 6.07) is 10.1. The molecule has 1 N–H and O–H groups in total. The minimum absolute atomic E-state index is 0.0327. The van der Waals surface area contributed by atoms with E-state index in [0.717, 1.165) is 29.8 Å². The number of amides is 1. The van der Waals surface area contributed by atoms with Gasteiger partial charge in [-0.25, -0.2) is 0 Å². The van der Waals surface area contributed by atoms with Gasteiger partial charge in [-0.1, -0.05) is 25.1 Å². The molecule has 1 aliphatic rings. The number of fused-ring (bicyclic) bond motifs is 1. The van der Waals surface area contributed by atoms with Gasteiger partial charge in [-0.2, -0.15) is 0 Å².